The lowest BCUT2D eigenvalue weighted by Crippen LogP contribution is -2.38. The van der Waals surface area contributed by atoms with Crippen LogP contribution in [0.4, 0.5) is 0 Å². The number of benzene rings is 3. The number of hydrogen-bond acceptors (Lipinski definition) is 2. The third-order valence-electron chi connectivity index (χ3n) is 5.00. The minimum atomic E-state index is -3.52. The van der Waals surface area contributed by atoms with E-state index in [0.717, 1.165) is 11.1 Å². The first-order valence-electron chi connectivity index (χ1n) is 8.64. The third-order valence-corrected chi connectivity index (χ3v) is 6.77. The van der Waals surface area contributed by atoms with E-state index in [1.807, 2.05) is 24.3 Å². The lowest BCUT2D eigenvalue weighted by Gasteiger charge is -2.33. The first-order valence-corrected chi connectivity index (χ1v) is 10.1. The molecule has 4 heteroatoms. The van der Waals surface area contributed by atoms with Gasteiger partial charge in [-0.2, -0.15) is 0 Å². The Morgan fingerprint density at radius 2 is 1.31 bits per heavy atom. The predicted molar refractivity (Wildman–Crippen MR) is 104 cm³/mol. The van der Waals surface area contributed by atoms with Gasteiger partial charge in [-0.1, -0.05) is 48.5 Å². The molecular weight excluding hydrogens is 342 g/mol. The maximum absolute atomic E-state index is 13.1. The molecule has 0 aliphatic heterocycles. The monoisotopic (exact) mass is 364 g/mol. The van der Waals surface area contributed by atoms with Crippen molar-refractivity contribution in [2.45, 2.75) is 15.8 Å². The molecule has 0 N–H and O–H groups in total. The molecule has 3 aromatic carbocycles. The number of sulfone groups is 1. The number of quaternary nitrogens is 1. The van der Waals surface area contributed by atoms with Crippen LogP contribution in [0, 0.1) is 0 Å². The van der Waals surface area contributed by atoms with Crippen molar-refractivity contribution < 1.29 is 12.9 Å². The highest BCUT2D eigenvalue weighted by atomic mass is 32.2. The maximum Gasteiger partial charge on any atom is 0.206 e. The van der Waals surface area contributed by atoms with Gasteiger partial charge >= 0.3 is 0 Å². The summed E-state index contributed by atoms with van der Waals surface area (Å²) in [5, 5.41) is 0. The Morgan fingerprint density at radius 3 is 2.00 bits per heavy atom. The second-order valence-corrected chi connectivity index (χ2v) is 9.62. The van der Waals surface area contributed by atoms with E-state index in [-0.39, 0.29) is 6.04 Å². The van der Waals surface area contributed by atoms with Gasteiger partial charge in [0.05, 0.1) is 30.9 Å². The minimum Gasteiger partial charge on any atom is -0.321 e. The van der Waals surface area contributed by atoms with Crippen molar-refractivity contribution in [2.75, 3.05) is 21.1 Å². The molecule has 0 saturated carbocycles. The van der Waals surface area contributed by atoms with E-state index in [1.54, 1.807) is 30.3 Å². The Bertz CT molecular complexity index is 1080. The summed E-state index contributed by atoms with van der Waals surface area (Å²) in [6.45, 7) is 0. The third kappa shape index (κ3) is 2.57. The van der Waals surface area contributed by atoms with E-state index in [4.69, 9.17) is 0 Å². The Hall–Kier alpha value is -2.43. The molecule has 0 fully saturated rings. The van der Waals surface area contributed by atoms with Crippen LogP contribution in [-0.4, -0.2) is 34.0 Å². The van der Waals surface area contributed by atoms with E-state index >= 15 is 0 Å². The molecule has 0 radical (unpaired) electrons. The van der Waals surface area contributed by atoms with Gasteiger partial charge in [-0.25, -0.2) is 8.42 Å². The fourth-order valence-electron chi connectivity index (χ4n) is 3.90. The first-order chi connectivity index (χ1) is 12.3. The van der Waals surface area contributed by atoms with Crippen LogP contribution in [-0.2, 0) is 9.84 Å². The summed E-state index contributed by atoms with van der Waals surface area (Å²) < 4.78 is 26.8. The average molecular weight is 364 g/mol. The van der Waals surface area contributed by atoms with Crippen LogP contribution in [0.25, 0.3) is 11.1 Å². The van der Waals surface area contributed by atoms with Crippen LogP contribution in [0.15, 0.2) is 82.6 Å². The standard InChI is InChI=1S/C22H22NO2S/c1-23(2,3)22-20-12-8-7-11-18(20)19-14-13-17(15-21(19)22)26(24,25)16-9-5-4-6-10-16/h4-15,22H,1-3H3/q+1. The SMILES string of the molecule is C[N+](C)(C)C1c2ccccc2-c2ccc(S(=O)(=O)c3ccccc3)cc21. The summed E-state index contributed by atoms with van der Waals surface area (Å²) in [6.07, 6.45) is 0. The molecule has 4 rings (SSSR count). The van der Waals surface area contributed by atoms with Crippen LogP contribution < -0.4 is 0 Å². The lowest BCUT2D eigenvalue weighted by molar-refractivity contribution is -0.895. The fraction of sp³-hybridized carbons (Fsp3) is 0.182. The van der Waals surface area contributed by atoms with Crippen molar-refractivity contribution in [1.29, 1.82) is 0 Å². The van der Waals surface area contributed by atoms with Gasteiger partial charge in [0, 0.05) is 11.1 Å². The number of rotatable bonds is 3. The molecule has 0 saturated heterocycles. The van der Waals surface area contributed by atoms with Crippen LogP contribution in [0.3, 0.4) is 0 Å². The molecule has 3 aromatic rings. The molecule has 1 atom stereocenters. The van der Waals surface area contributed by atoms with Gasteiger partial charge in [0.2, 0.25) is 9.84 Å². The smallest absolute Gasteiger partial charge is 0.206 e. The van der Waals surface area contributed by atoms with Crippen LogP contribution >= 0.6 is 0 Å². The van der Waals surface area contributed by atoms with Gasteiger partial charge in [-0.3, -0.25) is 0 Å². The normalized spacial score (nSPS) is 16.2. The maximum atomic E-state index is 13.1. The molecular formula is C22H22NO2S+. The van der Waals surface area contributed by atoms with Gasteiger partial charge in [0.1, 0.15) is 6.04 Å². The largest absolute Gasteiger partial charge is 0.321 e. The second kappa shape index (κ2) is 5.79. The van der Waals surface area contributed by atoms with Crippen molar-refractivity contribution in [3.63, 3.8) is 0 Å². The molecule has 0 bridgehead atoms. The molecule has 3 nitrogen and oxygen atoms in total. The highest BCUT2D eigenvalue weighted by molar-refractivity contribution is 7.91. The van der Waals surface area contributed by atoms with Gasteiger partial charge in [-0.05, 0) is 35.4 Å². The molecule has 0 spiro atoms. The average Bonchev–Trinajstić information content (AvgIpc) is 2.96. The summed E-state index contributed by atoms with van der Waals surface area (Å²) in [4.78, 5) is 0.686. The Balaban J connectivity index is 1.92. The summed E-state index contributed by atoms with van der Waals surface area (Å²) in [5.74, 6) is 0. The van der Waals surface area contributed by atoms with Crippen molar-refractivity contribution in [2.24, 2.45) is 0 Å². The molecule has 0 aromatic heterocycles. The lowest BCUT2D eigenvalue weighted by atomic mass is 10.0. The zero-order valence-electron chi connectivity index (χ0n) is 15.2. The van der Waals surface area contributed by atoms with E-state index in [1.165, 1.54) is 11.1 Å². The van der Waals surface area contributed by atoms with Gasteiger partial charge in [0.15, 0.2) is 0 Å². The second-order valence-electron chi connectivity index (χ2n) is 7.67. The first kappa shape index (κ1) is 17.0. The summed E-state index contributed by atoms with van der Waals surface area (Å²) in [7, 11) is 2.92. The van der Waals surface area contributed by atoms with Crippen LogP contribution in [0.5, 0.6) is 0 Å². The zero-order chi connectivity index (χ0) is 18.5. The summed E-state index contributed by atoms with van der Waals surface area (Å²) in [6, 6.07) is 22.7. The number of nitrogens with zero attached hydrogens (tertiary/aromatic N) is 1. The molecule has 1 unspecified atom stereocenters. The van der Waals surface area contributed by atoms with E-state index < -0.39 is 9.84 Å². The van der Waals surface area contributed by atoms with Crippen molar-refractivity contribution in [3.8, 4) is 11.1 Å². The topological polar surface area (TPSA) is 34.1 Å². The number of fused-ring (bicyclic) bond motifs is 3. The van der Waals surface area contributed by atoms with E-state index in [0.29, 0.717) is 14.3 Å². The minimum absolute atomic E-state index is 0.118. The Labute approximate surface area is 155 Å². The summed E-state index contributed by atoms with van der Waals surface area (Å²) >= 11 is 0. The van der Waals surface area contributed by atoms with E-state index in [2.05, 4.69) is 39.3 Å². The molecule has 0 heterocycles. The molecule has 1 aliphatic carbocycles. The fourth-order valence-corrected chi connectivity index (χ4v) is 5.21. The predicted octanol–water partition coefficient (Wildman–Crippen LogP) is 4.30. The van der Waals surface area contributed by atoms with Gasteiger partial charge in [0.25, 0.3) is 0 Å². The highest BCUT2D eigenvalue weighted by Crippen LogP contribution is 2.48. The van der Waals surface area contributed by atoms with Crippen molar-refractivity contribution in [1.82, 2.24) is 0 Å². The molecule has 132 valence electrons. The zero-order valence-corrected chi connectivity index (χ0v) is 16.0. The Morgan fingerprint density at radius 1 is 0.692 bits per heavy atom. The van der Waals surface area contributed by atoms with Crippen LogP contribution in [0.2, 0.25) is 0 Å². The highest BCUT2D eigenvalue weighted by Gasteiger charge is 2.38. The molecule has 1 aliphatic rings. The quantitative estimate of drug-likeness (QED) is 0.650. The van der Waals surface area contributed by atoms with Crippen molar-refractivity contribution in [3.05, 3.63) is 83.9 Å². The summed E-state index contributed by atoms with van der Waals surface area (Å²) in [5.41, 5.74) is 4.66. The number of hydrogen-bond donors (Lipinski definition) is 0. The molecule has 0 amide bonds. The van der Waals surface area contributed by atoms with Crippen molar-refractivity contribution >= 4 is 9.84 Å². The molecule has 26 heavy (non-hydrogen) atoms. The van der Waals surface area contributed by atoms with Gasteiger partial charge < -0.3 is 4.48 Å². The van der Waals surface area contributed by atoms with Crippen LogP contribution in [0.1, 0.15) is 17.2 Å². The van der Waals surface area contributed by atoms with Gasteiger partial charge in [-0.15, -0.1) is 0 Å². The Kier molecular flexibility index (Phi) is 3.79. The van der Waals surface area contributed by atoms with E-state index in [9.17, 15) is 8.42 Å².